The lowest BCUT2D eigenvalue weighted by atomic mass is 10.3. The third-order valence-corrected chi connectivity index (χ3v) is 5.14. The molecular weight excluding hydrogens is 318 g/mol. The molecule has 1 atom stereocenters. The SMILES string of the molecule is CCNC(=NCc1scnc1C)NC1CCN(c2ccccc2)C1. The van der Waals surface area contributed by atoms with Gasteiger partial charge in [-0.1, -0.05) is 18.2 Å². The van der Waals surface area contributed by atoms with E-state index in [1.54, 1.807) is 11.3 Å². The minimum Gasteiger partial charge on any atom is -0.369 e. The molecule has 24 heavy (non-hydrogen) atoms. The third kappa shape index (κ3) is 4.26. The van der Waals surface area contributed by atoms with Crippen molar-refractivity contribution >= 4 is 23.0 Å². The number of aryl methyl sites for hydroxylation is 1. The summed E-state index contributed by atoms with van der Waals surface area (Å²) < 4.78 is 0. The summed E-state index contributed by atoms with van der Waals surface area (Å²) >= 11 is 1.67. The molecule has 1 unspecified atom stereocenters. The normalized spacial score (nSPS) is 18.0. The standard InChI is InChI=1S/C18H25N5S/c1-3-19-18(20-11-17-14(2)21-13-24-17)22-15-9-10-23(12-15)16-7-5-4-6-8-16/h4-8,13,15H,3,9-12H2,1-2H3,(H2,19,20,22). The summed E-state index contributed by atoms with van der Waals surface area (Å²) in [5, 5.41) is 6.93. The van der Waals surface area contributed by atoms with Crippen LogP contribution in [0, 0.1) is 6.92 Å². The fourth-order valence-corrected chi connectivity index (χ4v) is 3.59. The van der Waals surface area contributed by atoms with Crippen LogP contribution in [-0.4, -0.2) is 36.6 Å². The molecule has 1 aliphatic heterocycles. The number of guanidine groups is 1. The smallest absolute Gasteiger partial charge is 0.191 e. The summed E-state index contributed by atoms with van der Waals surface area (Å²) in [6.07, 6.45) is 1.12. The summed E-state index contributed by atoms with van der Waals surface area (Å²) in [4.78, 5) is 12.7. The first-order chi connectivity index (χ1) is 11.8. The van der Waals surface area contributed by atoms with Crippen LogP contribution in [0.1, 0.15) is 23.9 Å². The van der Waals surface area contributed by atoms with E-state index < -0.39 is 0 Å². The van der Waals surface area contributed by atoms with E-state index in [1.165, 1.54) is 10.6 Å². The lowest BCUT2D eigenvalue weighted by Crippen LogP contribution is -2.44. The van der Waals surface area contributed by atoms with Gasteiger partial charge >= 0.3 is 0 Å². The first-order valence-corrected chi connectivity index (χ1v) is 9.38. The zero-order valence-electron chi connectivity index (χ0n) is 14.3. The predicted octanol–water partition coefficient (Wildman–Crippen LogP) is 2.79. The lowest BCUT2D eigenvalue weighted by Gasteiger charge is -2.20. The molecule has 0 radical (unpaired) electrons. The molecule has 2 N–H and O–H groups in total. The summed E-state index contributed by atoms with van der Waals surface area (Å²) in [5.74, 6) is 0.894. The molecule has 0 spiro atoms. The predicted molar refractivity (Wildman–Crippen MR) is 102 cm³/mol. The Morgan fingerprint density at radius 2 is 2.21 bits per heavy atom. The van der Waals surface area contributed by atoms with Crippen molar-refractivity contribution in [2.75, 3.05) is 24.5 Å². The third-order valence-electron chi connectivity index (χ3n) is 4.22. The van der Waals surface area contributed by atoms with Gasteiger partial charge in [0.15, 0.2) is 5.96 Å². The fraction of sp³-hybridized carbons (Fsp3) is 0.444. The Balaban J connectivity index is 1.59. The molecule has 1 aromatic heterocycles. The molecule has 0 amide bonds. The maximum absolute atomic E-state index is 4.72. The maximum Gasteiger partial charge on any atom is 0.191 e. The molecule has 3 rings (SSSR count). The highest BCUT2D eigenvalue weighted by Crippen LogP contribution is 2.19. The van der Waals surface area contributed by atoms with Crippen molar-refractivity contribution in [1.29, 1.82) is 0 Å². The molecule has 1 saturated heterocycles. The van der Waals surface area contributed by atoms with Crippen LogP contribution in [0.25, 0.3) is 0 Å². The molecule has 1 fully saturated rings. The van der Waals surface area contributed by atoms with Gasteiger partial charge in [0.25, 0.3) is 0 Å². The van der Waals surface area contributed by atoms with Crippen molar-refractivity contribution in [2.24, 2.45) is 4.99 Å². The van der Waals surface area contributed by atoms with Gasteiger partial charge in [0.2, 0.25) is 0 Å². The second kappa shape index (κ2) is 8.15. The van der Waals surface area contributed by atoms with Crippen LogP contribution >= 0.6 is 11.3 Å². The summed E-state index contributed by atoms with van der Waals surface area (Å²) in [6.45, 7) is 7.77. The van der Waals surface area contributed by atoms with Gasteiger partial charge in [-0.3, -0.25) is 0 Å². The Morgan fingerprint density at radius 1 is 1.38 bits per heavy atom. The quantitative estimate of drug-likeness (QED) is 0.647. The highest BCUT2D eigenvalue weighted by molar-refractivity contribution is 7.09. The Bertz CT molecular complexity index is 667. The monoisotopic (exact) mass is 343 g/mol. The van der Waals surface area contributed by atoms with E-state index >= 15 is 0 Å². The number of para-hydroxylation sites is 1. The van der Waals surface area contributed by atoms with Gasteiger partial charge in [-0.2, -0.15) is 0 Å². The number of aromatic nitrogens is 1. The largest absolute Gasteiger partial charge is 0.369 e. The van der Waals surface area contributed by atoms with Crippen LogP contribution in [0.5, 0.6) is 0 Å². The second-order valence-electron chi connectivity index (χ2n) is 5.97. The van der Waals surface area contributed by atoms with Gasteiger partial charge in [0, 0.05) is 36.2 Å². The number of hydrogen-bond donors (Lipinski definition) is 2. The molecule has 2 heterocycles. The van der Waals surface area contributed by atoms with E-state index in [0.29, 0.717) is 12.6 Å². The summed E-state index contributed by atoms with van der Waals surface area (Å²) in [7, 11) is 0. The molecule has 2 aromatic rings. The van der Waals surface area contributed by atoms with Gasteiger partial charge in [-0.15, -0.1) is 11.3 Å². The average molecular weight is 344 g/mol. The second-order valence-corrected chi connectivity index (χ2v) is 6.91. The summed E-state index contributed by atoms with van der Waals surface area (Å²) in [6, 6.07) is 11.0. The van der Waals surface area contributed by atoms with Gasteiger partial charge in [-0.25, -0.2) is 9.98 Å². The van der Waals surface area contributed by atoms with Crippen molar-refractivity contribution in [1.82, 2.24) is 15.6 Å². The number of anilines is 1. The molecule has 6 heteroatoms. The van der Waals surface area contributed by atoms with Crippen molar-refractivity contribution < 1.29 is 0 Å². The van der Waals surface area contributed by atoms with E-state index in [2.05, 4.69) is 57.8 Å². The molecule has 0 bridgehead atoms. The Labute approximate surface area is 147 Å². The number of hydrogen-bond acceptors (Lipinski definition) is 4. The molecule has 0 saturated carbocycles. The zero-order valence-corrected chi connectivity index (χ0v) is 15.1. The minimum atomic E-state index is 0.422. The minimum absolute atomic E-state index is 0.422. The van der Waals surface area contributed by atoms with Crippen molar-refractivity contribution in [2.45, 2.75) is 32.9 Å². The number of thiazole rings is 1. The average Bonchev–Trinajstić information content (AvgIpc) is 3.23. The molecule has 5 nitrogen and oxygen atoms in total. The molecule has 1 aromatic carbocycles. The maximum atomic E-state index is 4.72. The number of nitrogens with one attached hydrogen (secondary N) is 2. The summed E-state index contributed by atoms with van der Waals surface area (Å²) in [5.41, 5.74) is 4.26. The van der Waals surface area contributed by atoms with E-state index in [4.69, 9.17) is 4.99 Å². The van der Waals surface area contributed by atoms with E-state index in [0.717, 1.165) is 37.7 Å². The van der Waals surface area contributed by atoms with Crippen LogP contribution in [-0.2, 0) is 6.54 Å². The van der Waals surface area contributed by atoms with Gasteiger partial charge in [0.05, 0.1) is 17.7 Å². The topological polar surface area (TPSA) is 52.6 Å². The van der Waals surface area contributed by atoms with Crippen LogP contribution in [0.2, 0.25) is 0 Å². The Hall–Kier alpha value is -2.08. The lowest BCUT2D eigenvalue weighted by molar-refractivity contribution is 0.649. The first-order valence-electron chi connectivity index (χ1n) is 8.50. The number of aliphatic imine (C=N–C) groups is 1. The van der Waals surface area contributed by atoms with Crippen molar-refractivity contribution in [3.8, 4) is 0 Å². The highest BCUT2D eigenvalue weighted by atomic mass is 32.1. The number of benzene rings is 1. The van der Waals surface area contributed by atoms with Gasteiger partial charge in [-0.05, 0) is 32.4 Å². The first kappa shape index (κ1) is 16.8. The van der Waals surface area contributed by atoms with Crippen molar-refractivity contribution in [3.63, 3.8) is 0 Å². The van der Waals surface area contributed by atoms with E-state index in [-0.39, 0.29) is 0 Å². The van der Waals surface area contributed by atoms with Crippen LogP contribution < -0.4 is 15.5 Å². The number of rotatable bonds is 5. The highest BCUT2D eigenvalue weighted by Gasteiger charge is 2.23. The number of nitrogens with zero attached hydrogens (tertiary/aromatic N) is 3. The molecular formula is C18H25N5S. The van der Waals surface area contributed by atoms with E-state index in [9.17, 15) is 0 Å². The fourth-order valence-electron chi connectivity index (χ4n) is 2.89. The molecule has 0 aliphatic carbocycles. The molecule has 1 aliphatic rings. The van der Waals surface area contributed by atoms with Crippen LogP contribution in [0.15, 0.2) is 40.8 Å². The Morgan fingerprint density at radius 3 is 2.92 bits per heavy atom. The van der Waals surface area contributed by atoms with Crippen LogP contribution in [0.4, 0.5) is 5.69 Å². The Kier molecular flexibility index (Phi) is 5.69. The molecule has 128 valence electrons. The van der Waals surface area contributed by atoms with Crippen LogP contribution in [0.3, 0.4) is 0 Å². The van der Waals surface area contributed by atoms with E-state index in [1.807, 2.05) is 12.4 Å². The van der Waals surface area contributed by atoms with Crippen molar-refractivity contribution in [3.05, 3.63) is 46.4 Å². The van der Waals surface area contributed by atoms with Gasteiger partial charge < -0.3 is 15.5 Å². The zero-order chi connectivity index (χ0) is 16.8. The van der Waals surface area contributed by atoms with Gasteiger partial charge in [0.1, 0.15) is 0 Å².